The maximum absolute atomic E-state index is 13.5. The number of nitrogens with zero attached hydrogens (tertiary/aromatic N) is 3. The predicted molar refractivity (Wildman–Crippen MR) is 122 cm³/mol. The highest BCUT2D eigenvalue weighted by molar-refractivity contribution is 8.00. The highest BCUT2D eigenvalue weighted by atomic mass is 32.2. The van der Waals surface area contributed by atoms with Crippen molar-refractivity contribution in [2.24, 2.45) is 0 Å². The van der Waals surface area contributed by atoms with Gasteiger partial charge in [-0.15, -0.1) is 11.3 Å². The van der Waals surface area contributed by atoms with Crippen LogP contribution >= 0.6 is 23.1 Å². The quantitative estimate of drug-likeness (QED) is 0.296. The van der Waals surface area contributed by atoms with Gasteiger partial charge in [-0.25, -0.2) is 9.97 Å². The third kappa shape index (κ3) is 4.49. The second-order valence-electron chi connectivity index (χ2n) is 6.76. The summed E-state index contributed by atoms with van der Waals surface area (Å²) in [6.45, 7) is 4.54. The number of aromatic nitrogens is 2. The minimum absolute atomic E-state index is 0.0590. The van der Waals surface area contributed by atoms with Gasteiger partial charge in [0.15, 0.2) is 0 Å². The van der Waals surface area contributed by atoms with Gasteiger partial charge in [0.25, 0.3) is 0 Å². The van der Waals surface area contributed by atoms with Gasteiger partial charge in [0, 0.05) is 16.0 Å². The first-order valence-corrected chi connectivity index (χ1v) is 11.1. The Morgan fingerprint density at radius 1 is 1.07 bits per heavy atom. The molecule has 0 saturated carbocycles. The van der Waals surface area contributed by atoms with Crippen LogP contribution in [0.4, 0.5) is 5.69 Å². The number of fused-ring (bicyclic) bond motifs is 1. The summed E-state index contributed by atoms with van der Waals surface area (Å²) in [6.07, 6.45) is 1.58. The molecule has 4 nitrogen and oxygen atoms in total. The van der Waals surface area contributed by atoms with Crippen LogP contribution < -0.4 is 4.90 Å². The molecule has 29 heavy (non-hydrogen) atoms. The molecule has 0 aliphatic heterocycles. The average Bonchev–Trinajstić information content (AvgIpc) is 3.14. The zero-order valence-electron chi connectivity index (χ0n) is 16.3. The van der Waals surface area contributed by atoms with E-state index in [1.54, 1.807) is 17.7 Å². The molecule has 4 aromatic rings. The molecule has 1 unspecified atom stereocenters. The molecule has 0 saturated heterocycles. The van der Waals surface area contributed by atoms with E-state index >= 15 is 0 Å². The third-order valence-corrected chi connectivity index (χ3v) is 6.63. The lowest BCUT2D eigenvalue weighted by molar-refractivity contribution is -0.118. The number of thioether (sulfide) groups is 1. The SMILES string of the molecule is Cc1cc2c(SC(C)C(=O)N(Cc3ccccc3)c3ccccc3)ncnc2s1. The number of carbonyl (C=O) groups is 1. The van der Waals surface area contributed by atoms with Gasteiger partial charge in [0.2, 0.25) is 5.91 Å². The van der Waals surface area contributed by atoms with Crippen LogP contribution in [0.1, 0.15) is 17.4 Å². The molecule has 0 spiro atoms. The minimum Gasteiger partial charge on any atom is -0.307 e. The van der Waals surface area contributed by atoms with E-state index in [2.05, 4.69) is 23.0 Å². The summed E-state index contributed by atoms with van der Waals surface area (Å²) in [7, 11) is 0. The molecule has 0 bridgehead atoms. The summed E-state index contributed by atoms with van der Waals surface area (Å²) in [5.41, 5.74) is 1.99. The number of aryl methyl sites for hydroxylation is 1. The van der Waals surface area contributed by atoms with E-state index in [0.29, 0.717) is 6.54 Å². The van der Waals surface area contributed by atoms with Crippen molar-refractivity contribution in [2.45, 2.75) is 30.7 Å². The van der Waals surface area contributed by atoms with Crippen molar-refractivity contribution in [1.82, 2.24) is 9.97 Å². The zero-order chi connectivity index (χ0) is 20.2. The summed E-state index contributed by atoms with van der Waals surface area (Å²) in [5.74, 6) is 0.0590. The van der Waals surface area contributed by atoms with Crippen molar-refractivity contribution in [3.05, 3.63) is 83.5 Å². The number of amides is 1. The number of anilines is 1. The second kappa shape index (κ2) is 8.76. The highest BCUT2D eigenvalue weighted by Gasteiger charge is 2.24. The number of benzene rings is 2. The number of thiophene rings is 1. The Kier molecular flexibility index (Phi) is 5.92. The molecule has 4 rings (SSSR count). The number of hydrogen-bond acceptors (Lipinski definition) is 5. The first kappa shape index (κ1) is 19.6. The summed E-state index contributed by atoms with van der Waals surface area (Å²) >= 11 is 3.14. The Bertz CT molecular complexity index is 1110. The largest absolute Gasteiger partial charge is 0.307 e. The Morgan fingerprint density at radius 2 is 1.76 bits per heavy atom. The maximum Gasteiger partial charge on any atom is 0.240 e. The topological polar surface area (TPSA) is 46.1 Å². The van der Waals surface area contributed by atoms with Gasteiger partial charge in [0.1, 0.15) is 16.2 Å². The number of para-hydroxylation sites is 1. The lowest BCUT2D eigenvalue weighted by atomic mass is 10.2. The van der Waals surface area contributed by atoms with Crippen LogP contribution in [0.2, 0.25) is 0 Å². The summed E-state index contributed by atoms with van der Waals surface area (Å²) < 4.78 is 0. The first-order chi connectivity index (χ1) is 14.1. The Morgan fingerprint density at radius 3 is 2.48 bits per heavy atom. The lowest BCUT2D eigenvalue weighted by Gasteiger charge is -2.26. The molecule has 0 aliphatic carbocycles. The zero-order valence-corrected chi connectivity index (χ0v) is 17.9. The fourth-order valence-corrected chi connectivity index (χ4v) is 5.02. The maximum atomic E-state index is 13.5. The van der Waals surface area contributed by atoms with Gasteiger partial charge in [-0.2, -0.15) is 0 Å². The molecule has 0 radical (unpaired) electrons. The fraction of sp³-hybridized carbons (Fsp3) is 0.174. The standard InChI is InChI=1S/C23H21N3OS2/c1-16-13-20-21(28-16)24-15-25-22(20)29-17(2)23(27)26(19-11-7-4-8-12-19)14-18-9-5-3-6-10-18/h3-13,15,17H,14H2,1-2H3. The van der Waals surface area contributed by atoms with Crippen LogP contribution in [-0.2, 0) is 11.3 Å². The van der Waals surface area contributed by atoms with Gasteiger partial charge in [-0.05, 0) is 37.6 Å². The summed E-state index contributed by atoms with van der Waals surface area (Å²) in [6, 6.07) is 22.0. The second-order valence-corrected chi connectivity index (χ2v) is 9.32. The van der Waals surface area contributed by atoms with Gasteiger partial charge in [0.05, 0.1) is 11.8 Å². The van der Waals surface area contributed by atoms with Crippen molar-refractivity contribution < 1.29 is 4.79 Å². The Hall–Kier alpha value is -2.70. The molecule has 146 valence electrons. The number of carbonyl (C=O) groups excluding carboxylic acids is 1. The third-order valence-electron chi connectivity index (χ3n) is 4.57. The van der Waals surface area contributed by atoms with Crippen molar-refractivity contribution in [1.29, 1.82) is 0 Å². The average molecular weight is 420 g/mol. The summed E-state index contributed by atoms with van der Waals surface area (Å²) in [5, 5.41) is 1.60. The van der Waals surface area contributed by atoms with Gasteiger partial charge >= 0.3 is 0 Å². The smallest absolute Gasteiger partial charge is 0.240 e. The van der Waals surface area contributed by atoms with E-state index in [1.807, 2.05) is 72.5 Å². The van der Waals surface area contributed by atoms with E-state index in [9.17, 15) is 4.79 Å². The van der Waals surface area contributed by atoms with Crippen molar-refractivity contribution >= 4 is 44.9 Å². The molecule has 1 atom stereocenters. The van der Waals surface area contributed by atoms with Crippen LogP contribution in [0.15, 0.2) is 78.1 Å². The molecule has 1 amide bonds. The number of rotatable bonds is 6. The molecule has 0 fully saturated rings. The number of hydrogen-bond donors (Lipinski definition) is 0. The Balaban J connectivity index is 1.61. The van der Waals surface area contributed by atoms with Crippen molar-refractivity contribution in [3.63, 3.8) is 0 Å². The molecule has 2 aromatic carbocycles. The van der Waals surface area contributed by atoms with Crippen LogP contribution in [0.25, 0.3) is 10.2 Å². The van der Waals surface area contributed by atoms with E-state index in [1.165, 1.54) is 16.6 Å². The highest BCUT2D eigenvalue weighted by Crippen LogP contribution is 2.33. The van der Waals surface area contributed by atoms with Crippen LogP contribution in [0.5, 0.6) is 0 Å². The molecule has 6 heteroatoms. The van der Waals surface area contributed by atoms with E-state index in [0.717, 1.165) is 26.5 Å². The molecule has 0 N–H and O–H groups in total. The van der Waals surface area contributed by atoms with Crippen LogP contribution in [-0.4, -0.2) is 21.1 Å². The van der Waals surface area contributed by atoms with E-state index < -0.39 is 0 Å². The molecule has 0 aliphatic rings. The van der Waals surface area contributed by atoms with Crippen molar-refractivity contribution in [2.75, 3.05) is 4.90 Å². The van der Waals surface area contributed by atoms with Gasteiger partial charge in [-0.1, -0.05) is 60.3 Å². The predicted octanol–water partition coefficient (Wildman–Crippen LogP) is 5.71. The molecular weight excluding hydrogens is 398 g/mol. The molecule has 2 aromatic heterocycles. The van der Waals surface area contributed by atoms with E-state index in [-0.39, 0.29) is 11.2 Å². The van der Waals surface area contributed by atoms with Gasteiger partial charge < -0.3 is 4.90 Å². The van der Waals surface area contributed by atoms with Crippen LogP contribution in [0, 0.1) is 6.92 Å². The Labute approximate surface area is 178 Å². The van der Waals surface area contributed by atoms with Crippen LogP contribution in [0.3, 0.4) is 0 Å². The molecule has 2 heterocycles. The van der Waals surface area contributed by atoms with E-state index in [4.69, 9.17) is 0 Å². The van der Waals surface area contributed by atoms with Crippen molar-refractivity contribution in [3.8, 4) is 0 Å². The monoisotopic (exact) mass is 419 g/mol. The molecular formula is C23H21N3OS2. The summed E-state index contributed by atoms with van der Waals surface area (Å²) in [4.78, 5) is 26.3. The normalized spacial score (nSPS) is 12.1. The van der Waals surface area contributed by atoms with Gasteiger partial charge in [-0.3, -0.25) is 4.79 Å². The first-order valence-electron chi connectivity index (χ1n) is 9.40. The fourth-order valence-electron chi connectivity index (χ4n) is 3.16. The minimum atomic E-state index is -0.280. The lowest BCUT2D eigenvalue weighted by Crippen LogP contribution is -2.36.